The van der Waals surface area contributed by atoms with E-state index in [0.717, 1.165) is 5.56 Å². The minimum absolute atomic E-state index is 0.00972. The molecule has 0 saturated heterocycles. The number of carbonyl (C=O) groups is 1. The van der Waals surface area contributed by atoms with Crippen LogP contribution in [0.1, 0.15) is 18.0 Å². The second-order valence-corrected chi connectivity index (χ2v) is 4.53. The van der Waals surface area contributed by atoms with Crippen molar-refractivity contribution in [1.82, 2.24) is 4.90 Å². The monoisotopic (exact) mass is 267 g/mol. The summed E-state index contributed by atoms with van der Waals surface area (Å²) >= 11 is 0. The number of benzene rings is 1. The van der Waals surface area contributed by atoms with Gasteiger partial charge >= 0.3 is 5.97 Å². The normalized spacial score (nSPS) is 14.5. The van der Waals surface area contributed by atoms with Crippen molar-refractivity contribution in [1.29, 1.82) is 0 Å². The first kappa shape index (κ1) is 13.5. The van der Waals surface area contributed by atoms with Crippen molar-refractivity contribution >= 4 is 5.97 Å². The summed E-state index contributed by atoms with van der Waals surface area (Å²) in [6.07, 6.45) is 0.00972. The van der Waals surface area contributed by atoms with Crippen LogP contribution in [0.25, 0.3) is 0 Å². The van der Waals surface area contributed by atoms with Crippen molar-refractivity contribution in [2.45, 2.75) is 12.5 Å². The molecule has 1 heterocycles. The molecule has 1 aromatic carbocycles. The van der Waals surface area contributed by atoms with Gasteiger partial charge < -0.3 is 24.2 Å². The fraction of sp³-hybridized carbons (Fsp3) is 0.462. The maximum absolute atomic E-state index is 11.0. The lowest BCUT2D eigenvalue weighted by molar-refractivity contribution is -0.138. The number of hydrogen-bond acceptors (Lipinski definition) is 5. The first-order valence-electron chi connectivity index (χ1n) is 5.88. The number of aliphatic carboxylic acids is 1. The van der Waals surface area contributed by atoms with Gasteiger partial charge in [-0.05, 0) is 31.8 Å². The number of carboxylic acid groups (broad SMARTS) is 1. The van der Waals surface area contributed by atoms with Gasteiger partial charge in [0.25, 0.3) is 0 Å². The molecule has 0 saturated carbocycles. The van der Waals surface area contributed by atoms with E-state index < -0.39 is 5.97 Å². The van der Waals surface area contributed by atoms with Crippen molar-refractivity contribution in [2.24, 2.45) is 0 Å². The fourth-order valence-electron chi connectivity index (χ4n) is 2.11. The first-order chi connectivity index (χ1) is 9.02. The quantitative estimate of drug-likeness (QED) is 0.872. The molecule has 0 radical (unpaired) electrons. The average molecular weight is 267 g/mol. The summed E-state index contributed by atoms with van der Waals surface area (Å²) in [5, 5.41) is 9.00. The minimum atomic E-state index is -0.852. The zero-order valence-corrected chi connectivity index (χ0v) is 11.2. The highest BCUT2D eigenvalue weighted by Gasteiger charge is 2.25. The largest absolute Gasteiger partial charge is 0.493 e. The number of ether oxygens (including phenoxy) is 3. The highest BCUT2D eigenvalue weighted by atomic mass is 16.7. The Balaban J connectivity index is 2.40. The van der Waals surface area contributed by atoms with Crippen LogP contribution in [-0.4, -0.2) is 44.0 Å². The van der Waals surface area contributed by atoms with E-state index in [1.165, 1.54) is 0 Å². The Labute approximate surface area is 111 Å². The van der Waals surface area contributed by atoms with Gasteiger partial charge in [0.1, 0.15) is 0 Å². The van der Waals surface area contributed by atoms with Gasteiger partial charge in [0.05, 0.1) is 13.5 Å². The van der Waals surface area contributed by atoms with Crippen LogP contribution in [0.3, 0.4) is 0 Å². The number of carboxylic acids is 1. The number of hydrogen-bond donors (Lipinski definition) is 1. The lowest BCUT2D eigenvalue weighted by atomic mass is 10.0. The lowest BCUT2D eigenvalue weighted by Crippen LogP contribution is -2.22. The molecule has 6 heteroatoms. The molecule has 1 aliphatic rings. The van der Waals surface area contributed by atoms with Gasteiger partial charge in [0, 0.05) is 6.04 Å². The van der Waals surface area contributed by atoms with E-state index in [2.05, 4.69) is 0 Å². The molecule has 0 bridgehead atoms. The van der Waals surface area contributed by atoms with E-state index in [-0.39, 0.29) is 19.3 Å². The Morgan fingerprint density at radius 2 is 2.21 bits per heavy atom. The van der Waals surface area contributed by atoms with Crippen LogP contribution in [0.4, 0.5) is 0 Å². The zero-order valence-electron chi connectivity index (χ0n) is 11.2. The van der Waals surface area contributed by atoms with E-state index >= 15 is 0 Å². The standard InChI is InChI=1S/C13H17NO5/c1-14(2)9(6-12(15)16)8-4-10(17-3)13-11(5-8)18-7-19-13/h4-5,9H,6-7H2,1-3H3,(H,15,16). The fourth-order valence-corrected chi connectivity index (χ4v) is 2.11. The maximum Gasteiger partial charge on any atom is 0.305 e. The van der Waals surface area contributed by atoms with Gasteiger partial charge in [-0.2, -0.15) is 0 Å². The van der Waals surface area contributed by atoms with Crippen molar-refractivity contribution < 1.29 is 24.1 Å². The zero-order chi connectivity index (χ0) is 14.0. The summed E-state index contributed by atoms with van der Waals surface area (Å²) in [5.74, 6) is 0.864. The predicted molar refractivity (Wildman–Crippen MR) is 67.8 cm³/mol. The van der Waals surface area contributed by atoms with Gasteiger partial charge in [-0.15, -0.1) is 0 Å². The summed E-state index contributed by atoms with van der Waals surface area (Å²) < 4.78 is 15.9. The van der Waals surface area contributed by atoms with Crippen LogP contribution < -0.4 is 14.2 Å². The summed E-state index contributed by atoms with van der Waals surface area (Å²) in [6.45, 7) is 0.153. The lowest BCUT2D eigenvalue weighted by Gasteiger charge is -2.23. The molecular formula is C13H17NO5. The molecule has 1 N–H and O–H groups in total. The van der Waals surface area contributed by atoms with Gasteiger partial charge in [-0.1, -0.05) is 0 Å². The second kappa shape index (κ2) is 5.36. The molecule has 0 amide bonds. The van der Waals surface area contributed by atoms with Crippen molar-refractivity contribution in [3.63, 3.8) is 0 Å². The predicted octanol–water partition coefficient (Wildman–Crippen LogP) is 1.50. The number of methoxy groups -OCH3 is 1. The van der Waals surface area contributed by atoms with E-state index in [9.17, 15) is 4.79 Å². The van der Waals surface area contributed by atoms with E-state index in [1.54, 1.807) is 19.2 Å². The number of fused-ring (bicyclic) bond motifs is 1. The third-order valence-corrected chi connectivity index (χ3v) is 3.06. The van der Waals surface area contributed by atoms with Crippen LogP contribution >= 0.6 is 0 Å². The van der Waals surface area contributed by atoms with E-state index in [4.69, 9.17) is 19.3 Å². The van der Waals surface area contributed by atoms with Crippen LogP contribution in [-0.2, 0) is 4.79 Å². The Morgan fingerprint density at radius 1 is 1.47 bits per heavy atom. The molecule has 1 unspecified atom stereocenters. The Kier molecular flexibility index (Phi) is 3.80. The average Bonchev–Trinajstić information content (AvgIpc) is 2.82. The Hall–Kier alpha value is -1.95. The van der Waals surface area contributed by atoms with Crippen molar-refractivity contribution in [3.05, 3.63) is 17.7 Å². The third kappa shape index (κ3) is 2.73. The summed E-state index contributed by atoms with van der Waals surface area (Å²) in [5.41, 5.74) is 0.827. The highest BCUT2D eigenvalue weighted by molar-refractivity contribution is 5.68. The molecule has 0 fully saturated rings. The summed E-state index contributed by atoms with van der Waals surface area (Å²) in [7, 11) is 5.22. The van der Waals surface area contributed by atoms with Gasteiger partial charge in [-0.25, -0.2) is 0 Å². The van der Waals surface area contributed by atoms with Crippen LogP contribution in [0, 0.1) is 0 Å². The first-order valence-corrected chi connectivity index (χ1v) is 5.88. The maximum atomic E-state index is 11.0. The summed E-state index contributed by atoms with van der Waals surface area (Å²) in [6, 6.07) is 3.35. The number of rotatable bonds is 5. The summed E-state index contributed by atoms with van der Waals surface area (Å²) in [4.78, 5) is 12.8. The SMILES string of the molecule is COc1cc(C(CC(=O)O)N(C)C)cc2c1OCO2. The second-order valence-electron chi connectivity index (χ2n) is 4.53. The van der Waals surface area contributed by atoms with E-state index in [0.29, 0.717) is 17.2 Å². The molecule has 0 spiro atoms. The van der Waals surface area contributed by atoms with Gasteiger partial charge in [-0.3, -0.25) is 4.79 Å². The van der Waals surface area contributed by atoms with Gasteiger partial charge in [0.2, 0.25) is 12.5 Å². The molecule has 2 rings (SSSR count). The molecule has 1 atom stereocenters. The Bertz CT molecular complexity index is 486. The topological polar surface area (TPSA) is 68.2 Å². The molecular weight excluding hydrogens is 250 g/mol. The van der Waals surface area contributed by atoms with Crippen LogP contribution in [0.2, 0.25) is 0 Å². The molecule has 0 aromatic heterocycles. The van der Waals surface area contributed by atoms with Crippen LogP contribution in [0.15, 0.2) is 12.1 Å². The van der Waals surface area contributed by atoms with Crippen molar-refractivity contribution in [2.75, 3.05) is 28.0 Å². The third-order valence-electron chi connectivity index (χ3n) is 3.06. The molecule has 19 heavy (non-hydrogen) atoms. The van der Waals surface area contributed by atoms with E-state index in [1.807, 2.05) is 19.0 Å². The van der Waals surface area contributed by atoms with Crippen LogP contribution in [0.5, 0.6) is 17.2 Å². The Morgan fingerprint density at radius 3 is 2.79 bits per heavy atom. The molecule has 1 aliphatic heterocycles. The highest BCUT2D eigenvalue weighted by Crippen LogP contribution is 2.43. The molecule has 0 aliphatic carbocycles. The molecule has 6 nitrogen and oxygen atoms in total. The molecule has 104 valence electrons. The van der Waals surface area contributed by atoms with Gasteiger partial charge in [0.15, 0.2) is 11.5 Å². The molecule has 1 aromatic rings. The number of nitrogens with zero attached hydrogens (tertiary/aromatic N) is 1. The van der Waals surface area contributed by atoms with Crippen molar-refractivity contribution in [3.8, 4) is 17.2 Å². The smallest absolute Gasteiger partial charge is 0.305 e. The minimum Gasteiger partial charge on any atom is -0.493 e.